The molecule has 0 spiro atoms. The molecule has 0 N–H and O–H groups in total. The SMILES string of the molecule is COCCN(CCOC)CCC1CCCC1=O. The predicted octanol–water partition coefficient (Wildman–Crippen LogP) is 1.34. The van der Waals surface area contributed by atoms with Crippen molar-refractivity contribution in [2.24, 2.45) is 5.92 Å². The van der Waals surface area contributed by atoms with E-state index in [2.05, 4.69) is 4.90 Å². The molecule has 4 nitrogen and oxygen atoms in total. The van der Waals surface area contributed by atoms with Gasteiger partial charge in [-0.25, -0.2) is 0 Å². The Morgan fingerprint density at radius 2 is 1.82 bits per heavy atom. The molecule has 1 aliphatic rings. The van der Waals surface area contributed by atoms with Crippen LogP contribution in [0.5, 0.6) is 0 Å². The smallest absolute Gasteiger partial charge is 0.136 e. The lowest BCUT2D eigenvalue weighted by atomic mass is 10.0. The van der Waals surface area contributed by atoms with Gasteiger partial charge in [-0.3, -0.25) is 9.69 Å². The predicted molar refractivity (Wildman–Crippen MR) is 67.2 cm³/mol. The summed E-state index contributed by atoms with van der Waals surface area (Å²) in [4.78, 5) is 13.9. The van der Waals surface area contributed by atoms with Gasteiger partial charge < -0.3 is 9.47 Å². The maximum absolute atomic E-state index is 11.5. The highest BCUT2D eigenvalue weighted by Crippen LogP contribution is 2.24. The Kier molecular flexibility index (Phi) is 7.40. The van der Waals surface area contributed by atoms with Crippen molar-refractivity contribution in [1.29, 1.82) is 0 Å². The molecule has 1 unspecified atom stereocenters. The number of ether oxygens (including phenoxy) is 2. The molecule has 0 aromatic heterocycles. The van der Waals surface area contributed by atoms with Gasteiger partial charge in [0.15, 0.2) is 0 Å². The quantitative estimate of drug-likeness (QED) is 0.612. The summed E-state index contributed by atoms with van der Waals surface area (Å²) in [7, 11) is 3.43. The number of hydrogen-bond donors (Lipinski definition) is 0. The van der Waals surface area contributed by atoms with Crippen molar-refractivity contribution in [1.82, 2.24) is 4.90 Å². The molecule has 0 amide bonds. The van der Waals surface area contributed by atoms with E-state index >= 15 is 0 Å². The van der Waals surface area contributed by atoms with Gasteiger partial charge in [-0.2, -0.15) is 0 Å². The third-order valence-corrected chi connectivity index (χ3v) is 3.45. The lowest BCUT2D eigenvalue weighted by Gasteiger charge is -2.22. The summed E-state index contributed by atoms with van der Waals surface area (Å²) in [6.45, 7) is 4.29. The first-order chi connectivity index (χ1) is 8.27. The second-order valence-electron chi connectivity index (χ2n) is 4.67. The Balaban J connectivity index is 2.23. The summed E-state index contributed by atoms with van der Waals surface area (Å²) in [5.41, 5.74) is 0. The van der Waals surface area contributed by atoms with Crippen molar-refractivity contribution >= 4 is 5.78 Å². The molecule has 0 radical (unpaired) electrons. The number of methoxy groups -OCH3 is 2. The van der Waals surface area contributed by atoms with Crippen LogP contribution >= 0.6 is 0 Å². The van der Waals surface area contributed by atoms with E-state index in [1.165, 1.54) is 0 Å². The Labute approximate surface area is 104 Å². The number of hydrogen-bond acceptors (Lipinski definition) is 4. The van der Waals surface area contributed by atoms with Crippen molar-refractivity contribution in [3.05, 3.63) is 0 Å². The number of Topliss-reactive ketones (excluding diaryl/α,β-unsaturated/α-hetero) is 1. The zero-order valence-corrected chi connectivity index (χ0v) is 11.1. The van der Waals surface area contributed by atoms with Crippen molar-refractivity contribution in [3.8, 4) is 0 Å². The van der Waals surface area contributed by atoms with Crippen molar-refractivity contribution < 1.29 is 14.3 Å². The minimum absolute atomic E-state index is 0.308. The lowest BCUT2D eigenvalue weighted by molar-refractivity contribution is -0.120. The number of carbonyl (C=O) groups is 1. The van der Waals surface area contributed by atoms with Crippen molar-refractivity contribution in [2.75, 3.05) is 47.1 Å². The lowest BCUT2D eigenvalue weighted by Crippen LogP contribution is -2.33. The average Bonchev–Trinajstić information content (AvgIpc) is 2.74. The van der Waals surface area contributed by atoms with Gasteiger partial charge in [-0.05, 0) is 25.8 Å². The van der Waals surface area contributed by atoms with E-state index in [1.54, 1.807) is 14.2 Å². The molecule has 4 heteroatoms. The van der Waals surface area contributed by atoms with E-state index in [4.69, 9.17) is 9.47 Å². The molecule has 0 heterocycles. The van der Waals surface area contributed by atoms with Crippen LogP contribution in [0.1, 0.15) is 25.7 Å². The molecule has 1 fully saturated rings. The Morgan fingerprint density at radius 1 is 1.18 bits per heavy atom. The topological polar surface area (TPSA) is 38.8 Å². The van der Waals surface area contributed by atoms with Gasteiger partial charge in [-0.1, -0.05) is 0 Å². The summed E-state index contributed by atoms with van der Waals surface area (Å²) in [5.74, 6) is 0.769. The fraction of sp³-hybridized carbons (Fsp3) is 0.923. The second-order valence-corrected chi connectivity index (χ2v) is 4.67. The van der Waals surface area contributed by atoms with Gasteiger partial charge >= 0.3 is 0 Å². The molecule has 0 aliphatic heterocycles. The highest BCUT2D eigenvalue weighted by molar-refractivity contribution is 5.82. The molecule has 0 aromatic carbocycles. The van der Waals surface area contributed by atoms with E-state index < -0.39 is 0 Å². The first kappa shape index (κ1) is 14.6. The van der Waals surface area contributed by atoms with Crippen molar-refractivity contribution in [3.63, 3.8) is 0 Å². The van der Waals surface area contributed by atoms with Crippen LogP contribution in [0.3, 0.4) is 0 Å². The van der Waals surface area contributed by atoms with Crippen LogP contribution in [0.4, 0.5) is 0 Å². The Bertz CT molecular complexity index is 213. The van der Waals surface area contributed by atoms with Crippen LogP contribution in [-0.2, 0) is 14.3 Å². The molecule has 0 aromatic rings. The number of rotatable bonds is 9. The number of ketones is 1. The Morgan fingerprint density at radius 3 is 2.29 bits per heavy atom. The zero-order valence-electron chi connectivity index (χ0n) is 11.1. The molecular weight excluding hydrogens is 218 g/mol. The maximum Gasteiger partial charge on any atom is 0.136 e. The molecule has 1 aliphatic carbocycles. The monoisotopic (exact) mass is 243 g/mol. The summed E-state index contributed by atoms with van der Waals surface area (Å²) in [6, 6.07) is 0. The largest absolute Gasteiger partial charge is 0.383 e. The standard InChI is InChI=1S/C13H25NO3/c1-16-10-8-14(9-11-17-2)7-6-12-4-3-5-13(12)15/h12H,3-11H2,1-2H3. The first-order valence-corrected chi connectivity index (χ1v) is 6.51. The zero-order chi connectivity index (χ0) is 12.5. The van der Waals surface area contributed by atoms with E-state index in [9.17, 15) is 4.79 Å². The van der Waals surface area contributed by atoms with Crippen molar-refractivity contribution in [2.45, 2.75) is 25.7 Å². The van der Waals surface area contributed by atoms with Gasteiger partial charge in [0, 0.05) is 39.6 Å². The highest BCUT2D eigenvalue weighted by Gasteiger charge is 2.24. The molecule has 17 heavy (non-hydrogen) atoms. The normalized spacial score (nSPS) is 20.4. The fourth-order valence-electron chi connectivity index (χ4n) is 2.31. The number of carbonyl (C=O) groups excluding carboxylic acids is 1. The van der Waals surface area contributed by atoms with E-state index in [-0.39, 0.29) is 0 Å². The van der Waals surface area contributed by atoms with Crippen LogP contribution < -0.4 is 0 Å². The van der Waals surface area contributed by atoms with Crippen LogP contribution in [0.2, 0.25) is 0 Å². The molecule has 0 saturated heterocycles. The van der Waals surface area contributed by atoms with Gasteiger partial charge in [0.1, 0.15) is 5.78 Å². The summed E-state index contributed by atoms with van der Waals surface area (Å²) < 4.78 is 10.2. The van der Waals surface area contributed by atoms with E-state index in [0.717, 1.165) is 58.5 Å². The second kappa shape index (κ2) is 8.61. The van der Waals surface area contributed by atoms with E-state index in [1.807, 2.05) is 0 Å². The molecule has 0 bridgehead atoms. The minimum Gasteiger partial charge on any atom is -0.383 e. The summed E-state index contributed by atoms with van der Waals surface area (Å²) >= 11 is 0. The van der Waals surface area contributed by atoms with Gasteiger partial charge in [0.25, 0.3) is 0 Å². The molecule has 1 rings (SSSR count). The van der Waals surface area contributed by atoms with Crippen LogP contribution in [0, 0.1) is 5.92 Å². The molecule has 1 saturated carbocycles. The third kappa shape index (κ3) is 5.61. The summed E-state index contributed by atoms with van der Waals surface area (Å²) in [5, 5.41) is 0. The highest BCUT2D eigenvalue weighted by atomic mass is 16.5. The van der Waals surface area contributed by atoms with Crippen LogP contribution in [0.25, 0.3) is 0 Å². The first-order valence-electron chi connectivity index (χ1n) is 6.51. The minimum atomic E-state index is 0.308. The van der Waals surface area contributed by atoms with Crippen LogP contribution in [0.15, 0.2) is 0 Å². The average molecular weight is 243 g/mol. The fourth-order valence-corrected chi connectivity index (χ4v) is 2.31. The van der Waals surface area contributed by atoms with Gasteiger partial charge in [0.05, 0.1) is 13.2 Å². The maximum atomic E-state index is 11.5. The molecular formula is C13H25NO3. The summed E-state index contributed by atoms with van der Waals surface area (Å²) in [6.07, 6.45) is 3.95. The van der Waals surface area contributed by atoms with Gasteiger partial charge in [0.2, 0.25) is 0 Å². The van der Waals surface area contributed by atoms with Crippen LogP contribution in [-0.4, -0.2) is 57.8 Å². The third-order valence-electron chi connectivity index (χ3n) is 3.45. The number of nitrogens with zero attached hydrogens (tertiary/aromatic N) is 1. The molecule has 1 atom stereocenters. The Hall–Kier alpha value is -0.450. The van der Waals surface area contributed by atoms with Gasteiger partial charge in [-0.15, -0.1) is 0 Å². The van der Waals surface area contributed by atoms with E-state index in [0.29, 0.717) is 11.7 Å². The molecule has 100 valence electrons.